The van der Waals surface area contributed by atoms with E-state index in [0.29, 0.717) is 6.61 Å². The molecule has 0 radical (unpaired) electrons. The van der Waals surface area contributed by atoms with Gasteiger partial charge in [-0.2, -0.15) is 0 Å². The first-order chi connectivity index (χ1) is 14.0. The second kappa shape index (κ2) is 6.77. The monoisotopic (exact) mass is 424 g/mol. The summed E-state index contributed by atoms with van der Waals surface area (Å²) in [5.74, 6) is -1.45. The Morgan fingerprint density at radius 3 is 2.33 bits per heavy atom. The van der Waals surface area contributed by atoms with Gasteiger partial charge in [0.15, 0.2) is 0 Å². The Balaban J connectivity index is 1.87. The number of carbonyl (C=O) groups excluding carboxylic acids is 3. The van der Waals surface area contributed by atoms with Crippen molar-refractivity contribution in [1.82, 2.24) is 0 Å². The zero-order valence-electron chi connectivity index (χ0n) is 17.8. The number of hydrogen-bond acceptors (Lipinski definition) is 9. The lowest BCUT2D eigenvalue weighted by Gasteiger charge is -2.58. The first-order valence-corrected chi connectivity index (χ1v) is 10.1. The lowest BCUT2D eigenvalue weighted by Crippen LogP contribution is -2.68. The number of fused-ring (bicyclic) bond motifs is 2. The molecule has 8 atom stereocenters. The Kier molecular flexibility index (Phi) is 4.80. The predicted octanol–water partition coefficient (Wildman–Crippen LogP) is 0.667. The van der Waals surface area contributed by atoms with Crippen LogP contribution in [0.1, 0.15) is 41.0 Å². The Hall–Kier alpha value is -1.97. The fourth-order valence-electron chi connectivity index (χ4n) is 5.92. The Bertz CT molecular complexity index is 815. The molecule has 1 saturated carbocycles. The molecule has 2 aliphatic heterocycles. The molecule has 9 heteroatoms. The molecule has 1 spiro atoms. The van der Waals surface area contributed by atoms with E-state index in [2.05, 4.69) is 0 Å². The van der Waals surface area contributed by atoms with Crippen LogP contribution >= 0.6 is 0 Å². The minimum absolute atomic E-state index is 0.0621. The van der Waals surface area contributed by atoms with Crippen LogP contribution in [0, 0.1) is 10.8 Å². The number of esters is 3. The fourth-order valence-corrected chi connectivity index (χ4v) is 5.92. The predicted molar refractivity (Wildman–Crippen MR) is 100 cm³/mol. The summed E-state index contributed by atoms with van der Waals surface area (Å²) in [5.41, 5.74) is -1.99. The number of carbonyl (C=O) groups is 3. The van der Waals surface area contributed by atoms with Gasteiger partial charge in [-0.05, 0) is 12.5 Å². The van der Waals surface area contributed by atoms with Gasteiger partial charge in [0.1, 0.15) is 36.6 Å². The van der Waals surface area contributed by atoms with Crippen LogP contribution < -0.4 is 0 Å². The normalized spacial score (nSPS) is 45.9. The number of aliphatic hydroxyl groups excluding tert-OH is 1. The Morgan fingerprint density at radius 1 is 1.17 bits per heavy atom. The topological polar surface area (TPSA) is 121 Å². The molecule has 2 unspecified atom stereocenters. The minimum atomic E-state index is -1.11. The molecule has 4 rings (SSSR count). The van der Waals surface area contributed by atoms with E-state index in [4.69, 9.17) is 23.7 Å². The highest BCUT2D eigenvalue weighted by atomic mass is 16.7. The maximum atomic E-state index is 11.9. The molecule has 2 aliphatic carbocycles. The van der Waals surface area contributed by atoms with Crippen LogP contribution in [0.25, 0.3) is 0 Å². The SMILES string of the molecule is CC(=O)OC[C@]12CC(OC(C)=O)C(C)=C[C@H]1O[C@@H]1[C@H](O)C(OC(C)=O)[C@@]2(C)[C@]12CO2. The summed E-state index contributed by atoms with van der Waals surface area (Å²) >= 11 is 0. The van der Waals surface area contributed by atoms with E-state index >= 15 is 0 Å². The van der Waals surface area contributed by atoms with E-state index in [1.54, 1.807) is 0 Å². The number of rotatable bonds is 4. The summed E-state index contributed by atoms with van der Waals surface area (Å²) in [4.78, 5) is 35.4. The van der Waals surface area contributed by atoms with Crippen molar-refractivity contribution in [2.24, 2.45) is 10.8 Å². The molecule has 30 heavy (non-hydrogen) atoms. The molecule has 166 valence electrons. The average Bonchev–Trinajstić information content (AvgIpc) is 3.42. The molecule has 0 aromatic carbocycles. The first-order valence-electron chi connectivity index (χ1n) is 10.1. The summed E-state index contributed by atoms with van der Waals surface area (Å²) in [7, 11) is 0. The van der Waals surface area contributed by atoms with Gasteiger partial charge in [-0.1, -0.05) is 13.0 Å². The lowest BCUT2D eigenvalue weighted by atomic mass is 9.51. The highest BCUT2D eigenvalue weighted by Crippen LogP contribution is 2.72. The van der Waals surface area contributed by atoms with Crippen LogP contribution in [0.4, 0.5) is 0 Å². The summed E-state index contributed by atoms with van der Waals surface area (Å²) in [6.07, 6.45) is -1.75. The molecule has 0 aromatic rings. The van der Waals surface area contributed by atoms with Crippen molar-refractivity contribution in [3.05, 3.63) is 11.6 Å². The highest BCUT2D eigenvalue weighted by Gasteiger charge is 2.86. The van der Waals surface area contributed by atoms with Crippen molar-refractivity contribution >= 4 is 17.9 Å². The molecule has 2 bridgehead atoms. The van der Waals surface area contributed by atoms with Gasteiger partial charge in [-0.25, -0.2) is 0 Å². The molecular formula is C21H28O9. The summed E-state index contributed by atoms with van der Waals surface area (Å²) in [5, 5.41) is 11.1. The van der Waals surface area contributed by atoms with E-state index in [-0.39, 0.29) is 13.0 Å². The van der Waals surface area contributed by atoms with Crippen molar-refractivity contribution < 1.29 is 43.2 Å². The van der Waals surface area contributed by atoms with Gasteiger partial charge in [0, 0.05) is 27.2 Å². The molecule has 0 amide bonds. The van der Waals surface area contributed by atoms with Crippen molar-refractivity contribution in [3.63, 3.8) is 0 Å². The third-order valence-electron chi connectivity index (χ3n) is 7.46. The van der Waals surface area contributed by atoms with E-state index in [1.165, 1.54) is 20.8 Å². The Labute approximate surface area is 174 Å². The van der Waals surface area contributed by atoms with Crippen LogP contribution in [-0.4, -0.2) is 72.3 Å². The summed E-state index contributed by atoms with van der Waals surface area (Å²) < 4.78 is 28.9. The zero-order valence-corrected chi connectivity index (χ0v) is 17.8. The van der Waals surface area contributed by atoms with Crippen LogP contribution in [0.15, 0.2) is 11.6 Å². The van der Waals surface area contributed by atoms with Crippen LogP contribution in [0.3, 0.4) is 0 Å². The maximum absolute atomic E-state index is 11.9. The minimum Gasteiger partial charge on any atom is -0.465 e. The number of epoxide rings is 1. The largest absolute Gasteiger partial charge is 0.465 e. The third-order valence-corrected chi connectivity index (χ3v) is 7.46. The Morgan fingerprint density at radius 2 is 1.80 bits per heavy atom. The van der Waals surface area contributed by atoms with E-state index in [0.717, 1.165) is 5.57 Å². The van der Waals surface area contributed by atoms with Gasteiger partial charge in [-0.3, -0.25) is 14.4 Å². The standard InChI is InChI=1S/C21H28O9/c1-10-6-15-20(8-26-11(2)22,7-14(10)28-12(3)23)19(5)17(29-13(4)24)16(25)18(30-15)21(19)9-27-21/h6,14-18,25H,7-9H2,1-5H3/t14?,15-,16-,17?,18-,19-,20-,21+/m1/s1. The summed E-state index contributed by atoms with van der Waals surface area (Å²) in [6, 6.07) is 0. The number of aliphatic hydroxyl groups is 1. The lowest BCUT2D eigenvalue weighted by molar-refractivity contribution is -0.241. The smallest absolute Gasteiger partial charge is 0.303 e. The second-order valence-electron chi connectivity index (χ2n) is 9.03. The van der Waals surface area contributed by atoms with E-state index in [1.807, 2.05) is 19.9 Å². The van der Waals surface area contributed by atoms with Gasteiger partial charge < -0.3 is 28.8 Å². The van der Waals surface area contributed by atoms with Gasteiger partial charge in [0.05, 0.1) is 23.5 Å². The van der Waals surface area contributed by atoms with Crippen LogP contribution in [-0.2, 0) is 38.1 Å². The van der Waals surface area contributed by atoms with E-state index < -0.39 is 64.9 Å². The van der Waals surface area contributed by atoms with Crippen LogP contribution in [0.2, 0.25) is 0 Å². The molecule has 4 aliphatic rings. The third kappa shape index (κ3) is 2.68. The van der Waals surface area contributed by atoms with Gasteiger partial charge in [0.2, 0.25) is 0 Å². The quantitative estimate of drug-likeness (QED) is 0.300. The highest BCUT2D eigenvalue weighted by molar-refractivity contribution is 5.67. The maximum Gasteiger partial charge on any atom is 0.303 e. The summed E-state index contributed by atoms with van der Waals surface area (Å²) in [6.45, 7) is 7.91. The van der Waals surface area contributed by atoms with Crippen LogP contribution in [0.5, 0.6) is 0 Å². The second-order valence-corrected chi connectivity index (χ2v) is 9.03. The number of ether oxygens (including phenoxy) is 5. The molecule has 2 heterocycles. The van der Waals surface area contributed by atoms with Gasteiger partial charge in [-0.15, -0.1) is 0 Å². The molecular weight excluding hydrogens is 396 g/mol. The van der Waals surface area contributed by atoms with Crippen molar-refractivity contribution in [3.8, 4) is 0 Å². The first kappa shape index (κ1) is 21.3. The van der Waals surface area contributed by atoms with E-state index in [9.17, 15) is 19.5 Å². The molecule has 3 fully saturated rings. The van der Waals surface area contributed by atoms with Crippen molar-refractivity contribution in [2.75, 3.05) is 13.2 Å². The van der Waals surface area contributed by atoms with Crippen molar-refractivity contribution in [1.29, 1.82) is 0 Å². The molecule has 2 saturated heterocycles. The fraction of sp³-hybridized carbons (Fsp3) is 0.762. The zero-order chi connectivity index (χ0) is 22.1. The van der Waals surface area contributed by atoms with Gasteiger partial charge in [0.25, 0.3) is 0 Å². The van der Waals surface area contributed by atoms with Gasteiger partial charge >= 0.3 is 17.9 Å². The van der Waals surface area contributed by atoms with Crippen molar-refractivity contribution in [2.45, 2.75) is 77.2 Å². The average molecular weight is 424 g/mol. The molecule has 0 aromatic heterocycles. The number of hydrogen-bond donors (Lipinski definition) is 1. The molecule has 9 nitrogen and oxygen atoms in total. The molecule has 1 N–H and O–H groups in total.